The van der Waals surface area contributed by atoms with Gasteiger partial charge in [0, 0.05) is 6.20 Å². The van der Waals surface area contributed by atoms with E-state index in [2.05, 4.69) is 10.3 Å². The van der Waals surface area contributed by atoms with E-state index in [1.54, 1.807) is 6.20 Å². The Kier molecular flexibility index (Phi) is 5.10. The number of rotatable bonds is 5. The summed E-state index contributed by atoms with van der Waals surface area (Å²) in [5.41, 5.74) is 6.71. The van der Waals surface area contributed by atoms with Crippen molar-refractivity contribution in [3.05, 3.63) is 30.1 Å². The summed E-state index contributed by atoms with van der Waals surface area (Å²) < 4.78 is 0. The molecule has 1 heterocycles. The number of nitrogens with zero attached hydrogens (tertiary/aromatic N) is 1. The Morgan fingerprint density at radius 3 is 2.71 bits per heavy atom. The highest BCUT2D eigenvalue weighted by Gasteiger charge is 2.21. The van der Waals surface area contributed by atoms with Crippen molar-refractivity contribution in [2.75, 3.05) is 0 Å². The number of amides is 1. The van der Waals surface area contributed by atoms with E-state index in [1.807, 2.05) is 39.0 Å². The fourth-order valence-corrected chi connectivity index (χ4v) is 1.53. The summed E-state index contributed by atoms with van der Waals surface area (Å²) in [5.74, 6) is 0.0726. The molecule has 1 amide bonds. The van der Waals surface area contributed by atoms with Crippen molar-refractivity contribution in [3.8, 4) is 0 Å². The fourth-order valence-electron chi connectivity index (χ4n) is 1.53. The van der Waals surface area contributed by atoms with Gasteiger partial charge in [-0.25, -0.2) is 0 Å². The molecule has 0 saturated carbocycles. The highest BCUT2D eigenvalue weighted by molar-refractivity contribution is 5.82. The summed E-state index contributed by atoms with van der Waals surface area (Å²) in [6.07, 6.45) is 2.61. The van der Waals surface area contributed by atoms with Crippen LogP contribution in [0.1, 0.15) is 38.9 Å². The molecule has 1 aromatic rings. The van der Waals surface area contributed by atoms with Crippen LogP contribution in [0.15, 0.2) is 24.4 Å². The monoisotopic (exact) mass is 235 g/mol. The lowest BCUT2D eigenvalue weighted by Crippen LogP contribution is -2.45. The van der Waals surface area contributed by atoms with Crippen LogP contribution in [0.5, 0.6) is 0 Å². The minimum absolute atomic E-state index is 0.112. The zero-order chi connectivity index (χ0) is 12.8. The quantitative estimate of drug-likeness (QED) is 0.815. The molecule has 4 nitrogen and oxygen atoms in total. The molecule has 17 heavy (non-hydrogen) atoms. The van der Waals surface area contributed by atoms with Gasteiger partial charge in [-0.2, -0.15) is 0 Å². The van der Waals surface area contributed by atoms with E-state index in [0.717, 1.165) is 12.1 Å². The summed E-state index contributed by atoms with van der Waals surface area (Å²) in [6.45, 7) is 5.92. The molecule has 0 aliphatic heterocycles. The van der Waals surface area contributed by atoms with Gasteiger partial charge >= 0.3 is 0 Å². The molecule has 3 N–H and O–H groups in total. The third kappa shape index (κ3) is 3.82. The average Bonchev–Trinajstić information content (AvgIpc) is 2.37. The van der Waals surface area contributed by atoms with E-state index in [9.17, 15) is 4.79 Å². The first-order valence-electron chi connectivity index (χ1n) is 6.03. The van der Waals surface area contributed by atoms with Crippen LogP contribution >= 0.6 is 0 Å². The Bertz CT molecular complexity index is 353. The van der Waals surface area contributed by atoms with Crippen LogP contribution in [0.4, 0.5) is 0 Å². The van der Waals surface area contributed by atoms with E-state index >= 15 is 0 Å². The lowest BCUT2D eigenvalue weighted by molar-refractivity contribution is -0.124. The van der Waals surface area contributed by atoms with E-state index in [0.29, 0.717) is 0 Å². The molecule has 1 aromatic heterocycles. The van der Waals surface area contributed by atoms with Crippen molar-refractivity contribution in [3.63, 3.8) is 0 Å². The van der Waals surface area contributed by atoms with Crippen LogP contribution < -0.4 is 11.1 Å². The molecule has 0 bridgehead atoms. The molecule has 0 unspecified atom stereocenters. The van der Waals surface area contributed by atoms with Gasteiger partial charge in [0.15, 0.2) is 0 Å². The third-order valence-electron chi connectivity index (χ3n) is 3.05. The molecular weight excluding hydrogens is 214 g/mol. The van der Waals surface area contributed by atoms with Crippen molar-refractivity contribution in [2.45, 2.75) is 39.3 Å². The molecule has 0 saturated heterocycles. The van der Waals surface area contributed by atoms with Crippen molar-refractivity contribution in [2.24, 2.45) is 11.7 Å². The molecule has 0 fully saturated rings. The van der Waals surface area contributed by atoms with Crippen molar-refractivity contribution < 1.29 is 4.79 Å². The van der Waals surface area contributed by atoms with Gasteiger partial charge in [-0.1, -0.05) is 26.3 Å². The SMILES string of the molecule is CC[C@H](C)[C@H](N)C(=O)N[C@H](C)c1ccccn1. The number of carbonyl (C=O) groups excluding carboxylic acids is 1. The molecule has 3 atom stereocenters. The number of pyridine rings is 1. The second kappa shape index (κ2) is 6.35. The van der Waals surface area contributed by atoms with Crippen LogP contribution in [0, 0.1) is 5.92 Å². The predicted molar refractivity (Wildman–Crippen MR) is 68.2 cm³/mol. The number of nitrogens with two attached hydrogens (primary N) is 1. The smallest absolute Gasteiger partial charge is 0.237 e. The second-order valence-corrected chi connectivity index (χ2v) is 4.40. The molecule has 0 spiro atoms. The molecule has 0 radical (unpaired) electrons. The molecule has 0 aliphatic rings. The van der Waals surface area contributed by atoms with Gasteiger partial charge in [0.05, 0.1) is 17.8 Å². The lowest BCUT2D eigenvalue weighted by Gasteiger charge is -2.20. The van der Waals surface area contributed by atoms with Crippen molar-refractivity contribution >= 4 is 5.91 Å². The third-order valence-corrected chi connectivity index (χ3v) is 3.05. The highest BCUT2D eigenvalue weighted by Crippen LogP contribution is 2.10. The maximum absolute atomic E-state index is 11.9. The highest BCUT2D eigenvalue weighted by atomic mass is 16.2. The lowest BCUT2D eigenvalue weighted by atomic mass is 9.99. The van der Waals surface area contributed by atoms with E-state index in [1.165, 1.54) is 0 Å². The Balaban J connectivity index is 2.57. The minimum Gasteiger partial charge on any atom is -0.347 e. The van der Waals surface area contributed by atoms with Crippen LogP contribution in [0.2, 0.25) is 0 Å². The maximum atomic E-state index is 11.9. The van der Waals surface area contributed by atoms with Gasteiger partial charge in [-0.15, -0.1) is 0 Å². The van der Waals surface area contributed by atoms with E-state index in [-0.39, 0.29) is 17.9 Å². The fraction of sp³-hybridized carbons (Fsp3) is 0.538. The average molecular weight is 235 g/mol. The van der Waals surface area contributed by atoms with Crippen molar-refractivity contribution in [1.29, 1.82) is 0 Å². The summed E-state index contributed by atoms with van der Waals surface area (Å²) in [5, 5.41) is 2.88. The van der Waals surface area contributed by atoms with E-state index < -0.39 is 6.04 Å². The van der Waals surface area contributed by atoms with Crippen LogP contribution in [-0.2, 0) is 4.79 Å². The Labute approximate surface area is 103 Å². The number of aromatic nitrogens is 1. The Morgan fingerprint density at radius 1 is 1.47 bits per heavy atom. The van der Waals surface area contributed by atoms with Gasteiger partial charge in [0.2, 0.25) is 5.91 Å². The largest absolute Gasteiger partial charge is 0.347 e. The first-order valence-corrected chi connectivity index (χ1v) is 6.03. The molecular formula is C13H21N3O. The first kappa shape index (κ1) is 13.6. The molecule has 0 aromatic carbocycles. The Hall–Kier alpha value is -1.42. The number of nitrogens with one attached hydrogen (secondary N) is 1. The second-order valence-electron chi connectivity index (χ2n) is 4.40. The van der Waals surface area contributed by atoms with E-state index in [4.69, 9.17) is 5.73 Å². The number of hydrogen-bond donors (Lipinski definition) is 2. The van der Waals surface area contributed by atoms with Gasteiger partial charge in [0.1, 0.15) is 0 Å². The number of carbonyl (C=O) groups is 1. The summed E-state index contributed by atoms with van der Waals surface area (Å²) in [4.78, 5) is 16.1. The van der Waals surface area contributed by atoms with Crippen LogP contribution in [-0.4, -0.2) is 16.9 Å². The van der Waals surface area contributed by atoms with Gasteiger partial charge in [0.25, 0.3) is 0 Å². The standard InChI is InChI=1S/C13H21N3O/c1-4-9(2)12(14)13(17)16-10(3)11-7-5-6-8-15-11/h5-10,12H,4,14H2,1-3H3,(H,16,17)/t9-,10+,12-/m0/s1. The van der Waals surface area contributed by atoms with Gasteiger partial charge in [-0.05, 0) is 25.0 Å². The topological polar surface area (TPSA) is 68.0 Å². The zero-order valence-electron chi connectivity index (χ0n) is 10.7. The number of hydrogen-bond acceptors (Lipinski definition) is 3. The normalized spacial score (nSPS) is 16.0. The van der Waals surface area contributed by atoms with Gasteiger partial charge < -0.3 is 11.1 Å². The minimum atomic E-state index is -0.453. The summed E-state index contributed by atoms with van der Waals surface area (Å²) >= 11 is 0. The maximum Gasteiger partial charge on any atom is 0.237 e. The first-order chi connectivity index (χ1) is 8.06. The van der Waals surface area contributed by atoms with Crippen LogP contribution in [0.3, 0.4) is 0 Å². The zero-order valence-corrected chi connectivity index (χ0v) is 10.7. The summed E-state index contributed by atoms with van der Waals surface area (Å²) in [6, 6.07) is 5.08. The summed E-state index contributed by atoms with van der Waals surface area (Å²) in [7, 11) is 0. The van der Waals surface area contributed by atoms with Crippen molar-refractivity contribution in [1.82, 2.24) is 10.3 Å². The molecule has 94 valence electrons. The van der Waals surface area contributed by atoms with Gasteiger partial charge in [-0.3, -0.25) is 9.78 Å². The predicted octanol–water partition coefficient (Wildman–Crippen LogP) is 1.63. The molecule has 0 aliphatic carbocycles. The van der Waals surface area contributed by atoms with Crippen LogP contribution in [0.25, 0.3) is 0 Å². The molecule has 1 rings (SSSR count). The molecule has 4 heteroatoms. The Morgan fingerprint density at radius 2 is 2.18 bits per heavy atom.